The Morgan fingerprint density at radius 2 is 2.26 bits per heavy atom. The number of nitrogens with one attached hydrogen (secondary N) is 1. The van der Waals surface area contributed by atoms with Crippen LogP contribution in [0.3, 0.4) is 0 Å². The van der Waals surface area contributed by atoms with Gasteiger partial charge in [-0.2, -0.15) is 5.10 Å². The molecule has 0 radical (unpaired) electrons. The predicted octanol–water partition coefficient (Wildman–Crippen LogP) is -0.0435. The van der Waals surface area contributed by atoms with Crippen molar-refractivity contribution in [1.29, 1.82) is 0 Å². The standard InChI is InChI=1S/C11H17ClN4O3/c12-10-8(14-4-2-1-3-9(13)18)7-15-16(5-6-17)11(10)19/h7,14,17H,1-6H2,(H2,13,18). The van der Waals surface area contributed by atoms with Crippen LogP contribution in [0.4, 0.5) is 5.69 Å². The minimum atomic E-state index is -0.446. The molecule has 4 N–H and O–H groups in total. The van der Waals surface area contributed by atoms with Gasteiger partial charge in [0.1, 0.15) is 5.02 Å². The van der Waals surface area contributed by atoms with Gasteiger partial charge >= 0.3 is 0 Å². The number of carbonyl (C=O) groups excluding carboxylic acids is 1. The van der Waals surface area contributed by atoms with Crippen LogP contribution < -0.4 is 16.6 Å². The second kappa shape index (κ2) is 7.75. The molecule has 106 valence electrons. The Bertz CT molecular complexity index is 489. The highest BCUT2D eigenvalue weighted by Crippen LogP contribution is 2.15. The molecule has 0 aromatic carbocycles. The maximum atomic E-state index is 11.7. The highest BCUT2D eigenvalue weighted by molar-refractivity contribution is 6.32. The van der Waals surface area contributed by atoms with Crippen molar-refractivity contribution >= 4 is 23.2 Å². The lowest BCUT2D eigenvalue weighted by Crippen LogP contribution is -2.25. The Labute approximate surface area is 115 Å². The van der Waals surface area contributed by atoms with Crippen molar-refractivity contribution in [3.63, 3.8) is 0 Å². The molecule has 0 aliphatic heterocycles. The zero-order valence-corrected chi connectivity index (χ0v) is 11.2. The lowest BCUT2D eigenvalue weighted by atomic mass is 10.2. The largest absolute Gasteiger partial charge is 0.394 e. The van der Waals surface area contributed by atoms with Crippen molar-refractivity contribution in [2.24, 2.45) is 5.73 Å². The van der Waals surface area contributed by atoms with Crippen molar-refractivity contribution in [2.45, 2.75) is 25.8 Å². The molecule has 0 aliphatic carbocycles. The van der Waals surface area contributed by atoms with E-state index in [-0.39, 0.29) is 24.1 Å². The van der Waals surface area contributed by atoms with E-state index >= 15 is 0 Å². The van der Waals surface area contributed by atoms with E-state index in [1.807, 2.05) is 0 Å². The number of nitrogens with two attached hydrogens (primary N) is 1. The maximum Gasteiger partial charge on any atom is 0.287 e. The molecule has 1 aromatic rings. The average Bonchev–Trinajstić information content (AvgIpc) is 2.37. The molecule has 1 heterocycles. The van der Waals surface area contributed by atoms with Crippen LogP contribution >= 0.6 is 11.6 Å². The Balaban J connectivity index is 2.53. The molecule has 1 rings (SSSR count). The topological polar surface area (TPSA) is 110 Å². The Morgan fingerprint density at radius 1 is 1.53 bits per heavy atom. The number of unbranched alkanes of at least 4 members (excludes halogenated alkanes) is 1. The monoisotopic (exact) mass is 288 g/mol. The van der Waals surface area contributed by atoms with Gasteiger partial charge < -0.3 is 16.2 Å². The molecule has 0 fully saturated rings. The van der Waals surface area contributed by atoms with Crippen LogP contribution in [0.15, 0.2) is 11.0 Å². The number of amides is 1. The smallest absolute Gasteiger partial charge is 0.287 e. The molecule has 8 heteroatoms. The molecule has 1 aromatic heterocycles. The number of hydrogen-bond donors (Lipinski definition) is 3. The first-order chi connectivity index (χ1) is 9.06. The molecule has 0 saturated carbocycles. The molecular weight excluding hydrogens is 272 g/mol. The number of primary amides is 1. The number of carbonyl (C=O) groups is 1. The van der Waals surface area contributed by atoms with Gasteiger partial charge in [0, 0.05) is 13.0 Å². The zero-order valence-electron chi connectivity index (χ0n) is 10.4. The van der Waals surface area contributed by atoms with E-state index in [0.29, 0.717) is 25.1 Å². The number of rotatable bonds is 8. The summed E-state index contributed by atoms with van der Waals surface area (Å²) in [6.07, 6.45) is 3.19. The van der Waals surface area contributed by atoms with Gasteiger partial charge in [-0.25, -0.2) is 4.68 Å². The number of aliphatic hydroxyl groups is 1. The minimum absolute atomic E-state index is 0.0401. The number of aromatic nitrogens is 2. The van der Waals surface area contributed by atoms with Crippen LogP contribution in [0, 0.1) is 0 Å². The SMILES string of the molecule is NC(=O)CCCCNc1cnn(CCO)c(=O)c1Cl. The summed E-state index contributed by atoms with van der Waals surface area (Å²) in [5, 5.41) is 15.6. The second-order valence-corrected chi connectivity index (χ2v) is 4.35. The van der Waals surface area contributed by atoms with E-state index < -0.39 is 5.56 Å². The average molecular weight is 289 g/mol. The van der Waals surface area contributed by atoms with Gasteiger partial charge in [-0.15, -0.1) is 0 Å². The molecule has 0 bridgehead atoms. The number of hydrogen-bond acceptors (Lipinski definition) is 5. The molecule has 7 nitrogen and oxygen atoms in total. The van der Waals surface area contributed by atoms with Crippen LogP contribution in [-0.2, 0) is 11.3 Å². The highest BCUT2D eigenvalue weighted by Gasteiger charge is 2.08. The summed E-state index contributed by atoms with van der Waals surface area (Å²) in [4.78, 5) is 22.3. The summed E-state index contributed by atoms with van der Waals surface area (Å²) in [6, 6.07) is 0. The number of anilines is 1. The van der Waals surface area contributed by atoms with Gasteiger partial charge in [-0.1, -0.05) is 11.6 Å². The van der Waals surface area contributed by atoms with Crippen molar-refractivity contribution in [2.75, 3.05) is 18.5 Å². The van der Waals surface area contributed by atoms with Gasteiger partial charge in [0.25, 0.3) is 5.56 Å². The van der Waals surface area contributed by atoms with E-state index in [0.717, 1.165) is 11.1 Å². The molecule has 0 saturated heterocycles. The number of aliphatic hydroxyl groups excluding tert-OH is 1. The first-order valence-corrected chi connectivity index (χ1v) is 6.32. The molecule has 1 amide bonds. The second-order valence-electron chi connectivity index (χ2n) is 3.97. The molecule has 0 spiro atoms. The number of halogens is 1. The minimum Gasteiger partial charge on any atom is -0.394 e. The molecule has 19 heavy (non-hydrogen) atoms. The van der Waals surface area contributed by atoms with Crippen molar-refractivity contribution < 1.29 is 9.90 Å². The van der Waals surface area contributed by atoms with E-state index in [1.165, 1.54) is 6.20 Å². The summed E-state index contributed by atoms with van der Waals surface area (Å²) in [6.45, 7) is 0.499. The van der Waals surface area contributed by atoms with Crippen LogP contribution in [0.25, 0.3) is 0 Å². The fraction of sp³-hybridized carbons (Fsp3) is 0.545. The van der Waals surface area contributed by atoms with Crippen molar-refractivity contribution in [3.05, 3.63) is 21.6 Å². The molecular formula is C11H17ClN4O3. The fourth-order valence-corrected chi connectivity index (χ4v) is 1.70. The van der Waals surface area contributed by atoms with Gasteiger partial charge in [-0.05, 0) is 12.8 Å². The highest BCUT2D eigenvalue weighted by atomic mass is 35.5. The van der Waals surface area contributed by atoms with Crippen LogP contribution in [-0.4, -0.2) is 33.9 Å². The van der Waals surface area contributed by atoms with Crippen LogP contribution in [0.1, 0.15) is 19.3 Å². The first kappa shape index (κ1) is 15.5. The van der Waals surface area contributed by atoms with Gasteiger partial charge in [0.05, 0.1) is 25.0 Å². The summed E-state index contributed by atoms with van der Waals surface area (Å²) in [7, 11) is 0. The summed E-state index contributed by atoms with van der Waals surface area (Å²) in [5.74, 6) is -0.328. The number of nitrogens with zero attached hydrogens (tertiary/aromatic N) is 2. The lowest BCUT2D eigenvalue weighted by molar-refractivity contribution is -0.118. The fourth-order valence-electron chi connectivity index (χ4n) is 1.49. The Kier molecular flexibility index (Phi) is 6.31. The normalized spacial score (nSPS) is 10.4. The predicted molar refractivity (Wildman–Crippen MR) is 72.1 cm³/mol. The maximum absolute atomic E-state index is 11.7. The van der Waals surface area contributed by atoms with E-state index in [9.17, 15) is 9.59 Å². The van der Waals surface area contributed by atoms with E-state index in [1.54, 1.807) is 0 Å². The third kappa shape index (κ3) is 4.88. The quantitative estimate of drug-likeness (QED) is 0.581. The van der Waals surface area contributed by atoms with Crippen molar-refractivity contribution in [3.8, 4) is 0 Å². The van der Waals surface area contributed by atoms with E-state index in [4.69, 9.17) is 22.4 Å². The summed E-state index contributed by atoms with van der Waals surface area (Å²) in [5.41, 5.74) is 5.02. The molecule has 0 atom stereocenters. The third-order valence-electron chi connectivity index (χ3n) is 2.46. The van der Waals surface area contributed by atoms with Crippen molar-refractivity contribution in [1.82, 2.24) is 9.78 Å². The van der Waals surface area contributed by atoms with E-state index in [2.05, 4.69) is 10.4 Å². The summed E-state index contributed by atoms with van der Waals surface area (Å²) >= 11 is 5.91. The van der Waals surface area contributed by atoms with Crippen LogP contribution in [0.5, 0.6) is 0 Å². The lowest BCUT2D eigenvalue weighted by Gasteiger charge is -2.09. The molecule has 0 unspecified atom stereocenters. The third-order valence-corrected chi connectivity index (χ3v) is 2.83. The van der Waals surface area contributed by atoms with Gasteiger partial charge in [0.15, 0.2) is 0 Å². The first-order valence-electron chi connectivity index (χ1n) is 5.95. The Morgan fingerprint density at radius 3 is 2.89 bits per heavy atom. The Hall–Kier alpha value is -1.60. The molecule has 0 aliphatic rings. The summed E-state index contributed by atoms with van der Waals surface area (Å²) < 4.78 is 1.10. The van der Waals surface area contributed by atoms with Crippen LogP contribution in [0.2, 0.25) is 5.02 Å². The van der Waals surface area contributed by atoms with Gasteiger partial charge in [0.2, 0.25) is 5.91 Å². The van der Waals surface area contributed by atoms with Gasteiger partial charge in [-0.3, -0.25) is 9.59 Å². The zero-order chi connectivity index (χ0) is 14.3.